The van der Waals surface area contributed by atoms with Crippen molar-refractivity contribution >= 4 is 11.9 Å². The van der Waals surface area contributed by atoms with Crippen molar-refractivity contribution in [3.8, 4) is 6.07 Å². The first-order chi connectivity index (χ1) is 11.9. The molecule has 1 aromatic heterocycles. The maximum atomic E-state index is 13.3. The molecule has 2 aromatic rings. The molecule has 0 saturated carbocycles. The largest absolute Gasteiger partial charge is 0.325 e. The van der Waals surface area contributed by atoms with Gasteiger partial charge in [-0.2, -0.15) is 10.4 Å². The van der Waals surface area contributed by atoms with Crippen molar-refractivity contribution in [1.29, 1.82) is 5.26 Å². The van der Waals surface area contributed by atoms with Gasteiger partial charge in [0.2, 0.25) is 0 Å². The Bertz CT molecular complexity index is 901. The Balaban J connectivity index is 1.96. The van der Waals surface area contributed by atoms with Crippen LogP contribution in [-0.2, 0) is 23.9 Å². The van der Waals surface area contributed by atoms with E-state index in [1.165, 1.54) is 12.1 Å². The lowest BCUT2D eigenvalue weighted by atomic mass is 9.89. The number of benzene rings is 1. The molecule has 1 aromatic carbocycles. The van der Waals surface area contributed by atoms with Crippen LogP contribution in [-0.4, -0.2) is 26.6 Å². The predicted octanol–water partition coefficient (Wildman–Crippen LogP) is 1.79. The number of nitrogens with one attached hydrogen (secondary N) is 1. The maximum absolute atomic E-state index is 13.3. The zero-order chi connectivity index (χ0) is 18.2. The summed E-state index contributed by atoms with van der Waals surface area (Å²) in [5.41, 5.74) is -0.0857. The number of rotatable bonds is 4. The first kappa shape index (κ1) is 16.6. The number of carbonyl (C=O) groups is 2. The lowest BCUT2D eigenvalue weighted by Gasteiger charge is -2.24. The van der Waals surface area contributed by atoms with E-state index in [1.54, 1.807) is 31.0 Å². The molecule has 2 heterocycles. The molecule has 8 heteroatoms. The summed E-state index contributed by atoms with van der Waals surface area (Å²) in [5.74, 6) is -0.961. The van der Waals surface area contributed by atoms with Crippen molar-refractivity contribution in [2.24, 2.45) is 7.05 Å². The number of hydrogen-bond acceptors (Lipinski definition) is 4. The van der Waals surface area contributed by atoms with Crippen LogP contribution in [0, 0.1) is 17.1 Å². The average Bonchev–Trinajstić information content (AvgIpc) is 3.13. The van der Waals surface area contributed by atoms with Crippen LogP contribution in [0.1, 0.15) is 30.0 Å². The summed E-state index contributed by atoms with van der Waals surface area (Å²) in [4.78, 5) is 26.5. The van der Waals surface area contributed by atoms with Crippen LogP contribution in [0.15, 0.2) is 30.6 Å². The maximum Gasteiger partial charge on any atom is 0.325 e. The molecule has 128 valence electrons. The van der Waals surface area contributed by atoms with E-state index in [9.17, 15) is 14.0 Å². The number of carbonyl (C=O) groups excluding carboxylic acids is 2. The van der Waals surface area contributed by atoms with Crippen LogP contribution in [0.5, 0.6) is 0 Å². The fourth-order valence-corrected chi connectivity index (χ4v) is 3.01. The Hall–Kier alpha value is -3.21. The molecule has 0 bridgehead atoms. The molecule has 3 rings (SSSR count). The topological polar surface area (TPSA) is 91.0 Å². The van der Waals surface area contributed by atoms with Gasteiger partial charge in [0, 0.05) is 18.8 Å². The minimum atomic E-state index is -1.18. The fourth-order valence-electron chi connectivity index (χ4n) is 3.01. The van der Waals surface area contributed by atoms with Gasteiger partial charge in [-0.1, -0.05) is 13.0 Å². The quantitative estimate of drug-likeness (QED) is 0.858. The molecule has 0 spiro atoms. The molecule has 0 radical (unpaired) electrons. The van der Waals surface area contributed by atoms with Gasteiger partial charge in [0.15, 0.2) is 0 Å². The van der Waals surface area contributed by atoms with E-state index in [1.807, 2.05) is 6.07 Å². The van der Waals surface area contributed by atoms with Crippen molar-refractivity contribution in [3.05, 3.63) is 53.1 Å². The summed E-state index contributed by atoms with van der Waals surface area (Å²) in [6.07, 6.45) is 3.59. The van der Waals surface area contributed by atoms with Gasteiger partial charge in [-0.15, -0.1) is 0 Å². The van der Waals surface area contributed by atoms with E-state index >= 15 is 0 Å². The molecule has 1 aliphatic heterocycles. The van der Waals surface area contributed by atoms with Gasteiger partial charge < -0.3 is 5.32 Å². The van der Waals surface area contributed by atoms with Gasteiger partial charge in [0.05, 0.1) is 24.4 Å². The Morgan fingerprint density at radius 3 is 2.76 bits per heavy atom. The van der Waals surface area contributed by atoms with E-state index in [-0.39, 0.29) is 12.1 Å². The smallest absolute Gasteiger partial charge is 0.319 e. The molecule has 1 aliphatic rings. The highest BCUT2D eigenvalue weighted by molar-refractivity contribution is 6.07. The molecule has 0 unspecified atom stereocenters. The third kappa shape index (κ3) is 2.63. The summed E-state index contributed by atoms with van der Waals surface area (Å²) in [6, 6.07) is 5.02. The second-order valence-electron chi connectivity index (χ2n) is 5.90. The average molecular weight is 341 g/mol. The normalized spacial score (nSPS) is 19.8. The highest BCUT2D eigenvalue weighted by Crippen LogP contribution is 2.33. The molecule has 0 aliphatic carbocycles. The van der Waals surface area contributed by atoms with Gasteiger partial charge in [-0.25, -0.2) is 9.18 Å². The Morgan fingerprint density at radius 2 is 2.16 bits per heavy atom. The molecule has 1 atom stereocenters. The number of hydrogen-bond donors (Lipinski definition) is 1. The molecule has 7 nitrogen and oxygen atoms in total. The number of imide groups is 1. The van der Waals surface area contributed by atoms with Crippen molar-refractivity contribution in [3.63, 3.8) is 0 Å². The van der Waals surface area contributed by atoms with Crippen LogP contribution in [0.25, 0.3) is 0 Å². The summed E-state index contributed by atoms with van der Waals surface area (Å²) in [5, 5.41) is 16.0. The standard InChI is InChI=1S/C17H16FN5O2/c1-3-17(13-8-20-22(2)10-13)15(24)23(16(25)21-17)9-11-4-5-14(18)6-12(11)7-19/h4-6,8,10H,3,9H2,1-2H3,(H,21,25)/t17-/m1/s1. The van der Waals surface area contributed by atoms with E-state index < -0.39 is 23.3 Å². The highest BCUT2D eigenvalue weighted by atomic mass is 19.1. The first-order valence-electron chi connectivity index (χ1n) is 7.73. The highest BCUT2D eigenvalue weighted by Gasteiger charge is 2.51. The van der Waals surface area contributed by atoms with Crippen molar-refractivity contribution in [2.75, 3.05) is 0 Å². The predicted molar refractivity (Wildman–Crippen MR) is 85.4 cm³/mol. The van der Waals surface area contributed by atoms with Gasteiger partial charge in [0.25, 0.3) is 5.91 Å². The zero-order valence-electron chi connectivity index (χ0n) is 13.8. The zero-order valence-corrected chi connectivity index (χ0v) is 13.8. The molecular formula is C17H16FN5O2. The summed E-state index contributed by atoms with van der Waals surface area (Å²) < 4.78 is 14.8. The number of nitrogens with zero attached hydrogens (tertiary/aromatic N) is 4. The van der Waals surface area contributed by atoms with Gasteiger partial charge >= 0.3 is 6.03 Å². The second-order valence-corrected chi connectivity index (χ2v) is 5.90. The second kappa shape index (κ2) is 6.02. The number of aromatic nitrogens is 2. The van der Waals surface area contributed by atoms with Crippen LogP contribution >= 0.6 is 0 Å². The van der Waals surface area contributed by atoms with Crippen molar-refractivity contribution in [1.82, 2.24) is 20.0 Å². The van der Waals surface area contributed by atoms with Gasteiger partial charge in [0.1, 0.15) is 11.4 Å². The third-order valence-electron chi connectivity index (χ3n) is 4.42. The van der Waals surface area contributed by atoms with Crippen LogP contribution in [0.2, 0.25) is 0 Å². The minimum Gasteiger partial charge on any atom is -0.319 e. The summed E-state index contributed by atoms with van der Waals surface area (Å²) in [7, 11) is 1.73. The molecule has 3 amide bonds. The third-order valence-corrected chi connectivity index (χ3v) is 4.42. The van der Waals surface area contributed by atoms with Gasteiger partial charge in [-0.05, 0) is 24.1 Å². The molecule has 1 saturated heterocycles. The number of nitriles is 1. The number of aryl methyl sites for hydroxylation is 1. The van der Waals surface area contributed by atoms with E-state index in [2.05, 4.69) is 10.4 Å². The summed E-state index contributed by atoms with van der Waals surface area (Å²) in [6.45, 7) is 1.70. The Kier molecular flexibility index (Phi) is 4.00. The van der Waals surface area contributed by atoms with Crippen LogP contribution < -0.4 is 5.32 Å². The Morgan fingerprint density at radius 1 is 1.40 bits per heavy atom. The molecule has 1 fully saturated rings. The lowest BCUT2D eigenvalue weighted by Crippen LogP contribution is -2.43. The number of halogens is 1. The molecule has 1 N–H and O–H groups in total. The number of amides is 3. The van der Waals surface area contributed by atoms with E-state index in [4.69, 9.17) is 5.26 Å². The van der Waals surface area contributed by atoms with Crippen molar-refractivity contribution in [2.45, 2.75) is 25.4 Å². The minimum absolute atomic E-state index is 0.0935. The first-order valence-corrected chi connectivity index (χ1v) is 7.73. The van der Waals surface area contributed by atoms with Crippen LogP contribution in [0.3, 0.4) is 0 Å². The SMILES string of the molecule is CC[C@]1(c2cnn(C)c2)NC(=O)N(Cc2ccc(F)cc2C#N)C1=O. The lowest BCUT2D eigenvalue weighted by molar-refractivity contribution is -0.132. The molecular weight excluding hydrogens is 325 g/mol. The number of urea groups is 1. The van der Waals surface area contributed by atoms with Crippen molar-refractivity contribution < 1.29 is 14.0 Å². The summed E-state index contributed by atoms with van der Waals surface area (Å²) >= 11 is 0. The van der Waals surface area contributed by atoms with Gasteiger partial charge in [-0.3, -0.25) is 14.4 Å². The molecule has 25 heavy (non-hydrogen) atoms. The van der Waals surface area contributed by atoms with E-state index in [0.717, 1.165) is 11.0 Å². The van der Waals surface area contributed by atoms with E-state index in [0.29, 0.717) is 17.5 Å². The monoisotopic (exact) mass is 341 g/mol. The fraction of sp³-hybridized carbons (Fsp3) is 0.294. The van der Waals surface area contributed by atoms with Crippen LogP contribution in [0.4, 0.5) is 9.18 Å². The Labute approximate surface area is 143 Å².